The second kappa shape index (κ2) is 7.33. The van der Waals surface area contributed by atoms with Crippen LogP contribution in [0.2, 0.25) is 10.0 Å². The van der Waals surface area contributed by atoms with Gasteiger partial charge in [0.1, 0.15) is 5.75 Å². The SMILES string of the molecule is COc1ccccc1N1C[C@H](C(=O)Nc2ccc(Cl)cc2Cl)CC1=O. The van der Waals surface area contributed by atoms with E-state index in [0.29, 0.717) is 27.2 Å². The van der Waals surface area contributed by atoms with E-state index in [1.165, 1.54) is 0 Å². The fraction of sp³-hybridized carbons (Fsp3) is 0.222. The Morgan fingerprint density at radius 3 is 2.72 bits per heavy atom. The summed E-state index contributed by atoms with van der Waals surface area (Å²) in [5.74, 6) is -0.247. The lowest BCUT2D eigenvalue weighted by molar-refractivity contribution is -0.122. The molecule has 2 aromatic carbocycles. The van der Waals surface area contributed by atoms with E-state index in [2.05, 4.69) is 5.32 Å². The zero-order valence-electron chi connectivity index (χ0n) is 13.5. The maximum atomic E-state index is 12.5. The predicted octanol–water partition coefficient (Wildman–Crippen LogP) is 3.99. The Kier molecular flexibility index (Phi) is 5.16. The molecule has 1 aliphatic heterocycles. The predicted molar refractivity (Wildman–Crippen MR) is 98.5 cm³/mol. The lowest BCUT2D eigenvalue weighted by atomic mass is 10.1. The summed E-state index contributed by atoms with van der Waals surface area (Å²) in [5.41, 5.74) is 1.13. The van der Waals surface area contributed by atoms with Crippen molar-refractivity contribution in [3.63, 3.8) is 0 Å². The largest absolute Gasteiger partial charge is 0.495 e. The molecule has 0 unspecified atom stereocenters. The number of rotatable bonds is 4. The molecule has 3 rings (SSSR count). The molecule has 1 saturated heterocycles. The van der Waals surface area contributed by atoms with Gasteiger partial charge in [-0.2, -0.15) is 0 Å². The van der Waals surface area contributed by atoms with E-state index in [-0.39, 0.29) is 24.8 Å². The number of halogens is 2. The molecule has 0 aliphatic carbocycles. The molecule has 1 aliphatic rings. The van der Waals surface area contributed by atoms with Crippen molar-refractivity contribution < 1.29 is 14.3 Å². The van der Waals surface area contributed by atoms with Crippen LogP contribution in [-0.2, 0) is 9.59 Å². The molecule has 1 fully saturated rings. The molecule has 1 heterocycles. The average molecular weight is 379 g/mol. The number of carbonyl (C=O) groups excluding carboxylic acids is 2. The first kappa shape index (κ1) is 17.6. The van der Waals surface area contributed by atoms with Crippen molar-refractivity contribution in [2.75, 3.05) is 23.9 Å². The summed E-state index contributed by atoms with van der Waals surface area (Å²) in [6.45, 7) is 0.288. The smallest absolute Gasteiger partial charge is 0.229 e. The molecule has 1 atom stereocenters. The number of hydrogen-bond donors (Lipinski definition) is 1. The molecule has 0 saturated carbocycles. The number of ether oxygens (including phenoxy) is 1. The maximum absolute atomic E-state index is 12.5. The zero-order chi connectivity index (χ0) is 18.0. The summed E-state index contributed by atoms with van der Waals surface area (Å²) in [5, 5.41) is 3.60. The first-order chi connectivity index (χ1) is 12.0. The summed E-state index contributed by atoms with van der Waals surface area (Å²) in [7, 11) is 1.55. The van der Waals surface area contributed by atoms with Crippen LogP contribution < -0.4 is 15.0 Å². The second-order valence-corrected chi connectivity index (χ2v) is 6.53. The highest BCUT2D eigenvalue weighted by Crippen LogP contribution is 2.33. The summed E-state index contributed by atoms with van der Waals surface area (Å²) < 4.78 is 5.30. The number of para-hydroxylation sites is 2. The van der Waals surface area contributed by atoms with Gasteiger partial charge in [0.05, 0.1) is 29.4 Å². The molecule has 0 radical (unpaired) electrons. The second-order valence-electron chi connectivity index (χ2n) is 5.69. The Labute approximate surface area is 155 Å². The van der Waals surface area contributed by atoms with Crippen LogP contribution in [0.25, 0.3) is 0 Å². The van der Waals surface area contributed by atoms with Gasteiger partial charge >= 0.3 is 0 Å². The van der Waals surface area contributed by atoms with Crippen LogP contribution in [0.5, 0.6) is 5.75 Å². The zero-order valence-corrected chi connectivity index (χ0v) is 15.0. The monoisotopic (exact) mass is 378 g/mol. The van der Waals surface area contributed by atoms with Crippen LogP contribution in [0.3, 0.4) is 0 Å². The fourth-order valence-corrected chi connectivity index (χ4v) is 3.25. The molecule has 5 nitrogen and oxygen atoms in total. The van der Waals surface area contributed by atoms with Crippen molar-refractivity contribution in [3.8, 4) is 5.75 Å². The summed E-state index contributed by atoms with van der Waals surface area (Å²) in [4.78, 5) is 26.5. The van der Waals surface area contributed by atoms with E-state index in [1.54, 1.807) is 42.3 Å². The van der Waals surface area contributed by atoms with Crippen molar-refractivity contribution in [2.24, 2.45) is 5.92 Å². The number of amides is 2. The fourth-order valence-electron chi connectivity index (χ4n) is 2.79. The summed E-state index contributed by atoms with van der Waals surface area (Å²) in [6, 6.07) is 12.1. The Bertz CT molecular complexity index is 826. The van der Waals surface area contributed by atoms with Gasteiger partial charge in [-0.25, -0.2) is 0 Å². The summed E-state index contributed by atoms with van der Waals surface area (Å²) >= 11 is 11.9. The van der Waals surface area contributed by atoms with Crippen molar-refractivity contribution in [1.29, 1.82) is 0 Å². The van der Waals surface area contributed by atoms with Gasteiger partial charge in [-0.1, -0.05) is 35.3 Å². The average Bonchev–Trinajstić information content (AvgIpc) is 2.99. The lowest BCUT2D eigenvalue weighted by Gasteiger charge is -2.19. The highest BCUT2D eigenvalue weighted by molar-refractivity contribution is 6.36. The van der Waals surface area contributed by atoms with Gasteiger partial charge < -0.3 is 15.0 Å². The Hall–Kier alpha value is -2.24. The van der Waals surface area contributed by atoms with Crippen molar-refractivity contribution in [2.45, 2.75) is 6.42 Å². The van der Waals surface area contributed by atoms with E-state index >= 15 is 0 Å². The maximum Gasteiger partial charge on any atom is 0.229 e. The van der Waals surface area contributed by atoms with Gasteiger partial charge in [-0.3, -0.25) is 9.59 Å². The van der Waals surface area contributed by atoms with E-state index in [0.717, 1.165) is 0 Å². The quantitative estimate of drug-likeness (QED) is 0.874. The van der Waals surface area contributed by atoms with Crippen molar-refractivity contribution in [3.05, 3.63) is 52.5 Å². The van der Waals surface area contributed by atoms with Crippen molar-refractivity contribution in [1.82, 2.24) is 0 Å². The standard InChI is InChI=1S/C18H16Cl2N2O3/c1-25-16-5-3-2-4-15(16)22-10-11(8-17(22)23)18(24)21-14-7-6-12(19)9-13(14)20/h2-7,9,11H,8,10H2,1H3,(H,21,24)/t11-/m1/s1. The molecular formula is C18H16Cl2N2O3. The number of nitrogens with one attached hydrogen (secondary N) is 1. The molecule has 1 N–H and O–H groups in total. The number of hydrogen-bond acceptors (Lipinski definition) is 3. The highest BCUT2D eigenvalue weighted by Gasteiger charge is 2.36. The summed E-state index contributed by atoms with van der Waals surface area (Å²) in [6.07, 6.45) is 0.134. The van der Waals surface area contributed by atoms with E-state index < -0.39 is 5.92 Å². The molecular weight excluding hydrogens is 363 g/mol. The number of carbonyl (C=O) groups is 2. The van der Waals surface area contributed by atoms with Gasteiger partial charge in [-0.15, -0.1) is 0 Å². The molecule has 130 valence electrons. The molecule has 7 heteroatoms. The van der Waals surface area contributed by atoms with Gasteiger partial charge in [0, 0.05) is 18.0 Å². The highest BCUT2D eigenvalue weighted by atomic mass is 35.5. The van der Waals surface area contributed by atoms with E-state index in [1.807, 2.05) is 12.1 Å². The molecule has 0 bridgehead atoms. The van der Waals surface area contributed by atoms with Gasteiger partial charge in [0.15, 0.2) is 0 Å². The molecule has 25 heavy (non-hydrogen) atoms. The third-order valence-electron chi connectivity index (χ3n) is 4.06. The number of anilines is 2. The molecule has 0 aromatic heterocycles. The third-order valence-corrected chi connectivity index (χ3v) is 4.61. The Balaban J connectivity index is 1.74. The minimum absolute atomic E-state index is 0.119. The van der Waals surface area contributed by atoms with E-state index in [9.17, 15) is 9.59 Å². The van der Waals surface area contributed by atoms with Gasteiger partial charge in [0.2, 0.25) is 11.8 Å². The van der Waals surface area contributed by atoms with Crippen LogP contribution >= 0.6 is 23.2 Å². The molecule has 0 spiro atoms. The van der Waals surface area contributed by atoms with Crippen LogP contribution in [0.4, 0.5) is 11.4 Å². The molecule has 2 amide bonds. The third kappa shape index (κ3) is 3.72. The minimum atomic E-state index is -0.468. The van der Waals surface area contributed by atoms with Crippen LogP contribution in [-0.4, -0.2) is 25.5 Å². The Morgan fingerprint density at radius 1 is 1.24 bits per heavy atom. The molecule has 2 aromatic rings. The topological polar surface area (TPSA) is 58.6 Å². The Morgan fingerprint density at radius 2 is 2.00 bits per heavy atom. The number of methoxy groups -OCH3 is 1. The van der Waals surface area contributed by atoms with Gasteiger partial charge in [0.25, 0.3) is 0 Å². The van der Waals surface area contributed by atoms with Crippen LogP contribution in [0.15, 0.2) is 42.5 Å². The first-order valence-electron chi connectivity index (χ1n) is 7.69. The minimum Gasteiger partial charge on any atom is -0.495 e. The first-order valence-corrected chi connectivity index (χ1v) is 8.44. The van der Waals surface area contributed by atoms with E-state index in [4.69, 9.17) is 27.9 Å². The number of benzene rings is 2. The van der Waals surface area contributed by atoms with Crippen LogP contribution in [0, 0.1) is 5.92 Å². The van der Waals surface area contributed by atoms with Gasteiger partial charge in [-0.05, 0) is 30.3 Å². The number of nitrogens with zero attached hydrogens (tertiary/aromatic N) is 1. The lowest BCUT2D eigenvalue weighted by Crippen LogP contribution is -2.28. The van der Waals surface area contributed by atoms with Crippen molar-refractivity contribution >= 4 is 46.4 Å². The normalized spacial score (nSPS) is 16.8. The van der Waals surface area contributed by atoms with Crippen LogP contribution in [0.1, 0.15) is 6.42 Å².